The minimum absolute atomic E-state index is 0.0804. The molecule has 0 fully saturated rings. The third-order valence-corrected chi connectivity index (χ3v) is 6.10. The summed E-state index contributed by atoms with van der Waals surface area (Å²) in [4.78, 5) is 11.3. The number of ether oxygens (including phenoxy) is 1. The zero-order valence-electron chi connectivity index (χ0n) is 18.1. The molecule has 3 rings (SSSR count). The maximum absolute atomic E-state index is 12.7. The smallest absolute Gasteiger partial charge is 0.265 e. The maximum atomic E-state index is 12.7. The average Bonchev–Trinajstić information content (AvgIpc) is 2.75. The Balaban J connectivity index is 1.77. The Morgan fingerprint density at radius 3 is 2.26 bits per heavy atom. The summed E-state index contributed by atoms with van der Waals surface area (Å²) in [6.07, 6.45) is 0. The van der Waals surface area contributed by atoms with Crippen molar-refractivity contribution in [3.8, 4) is 5.75 Å². The Morgan fingerprint density at radius 2 is 1.61 bits per heavy atom. The number of benzene rings is 2. The SMILES string of the molecule is CCN(CC)c1cc(C)nc(Nc2ccc(NS(=O)(=O)c3ccccc3OC)cc2)n1. The number of nitrogens with one attached hydrogen (secondary N) is 2. The van der Waals surface area contributed by atoms with Crippen molar-refractivity contribution in [2.45, 2.75) is 25.7 Å². The van der Waals surface area contributed by atoms with E-state index in [1.165, 1.54) is 13.2 Å². The van der Waals surface area contributed by atoms with Crippen molar-refractivity contribution in [3.05, 3.63) is 60.3 Å². The van der Waals surface area contributed by atoms with E-state index in [1.807, 2.05) is 13.0 Å². The number of hydrogen-bond donors (Lipinski definition) is 2. The number of para-hydroxylation sites is 1. The third kappa shape index (κ3) is 5.43. The first-order valence-corrected chi connectivity index (χ1v) is 11.5. The first-order chi connectivity index (χ1) is 14.9. The Bertz CT molecular complexity index is 1130. The summed E-state index contributed by atoms with van der Waals surface area (Å²) in [5, 5.41) is 3.18. The number of rotatable bonds is 9. The Morgan fingerprint density at radius 1 is 0.968 bits per heavy atom. The lowest BCUT2D eigenvalue weighted by Gasteiger charge is -2.20. The van der Waals surface area contributed by atoms with Crippen LogP contribution in [0.2, 0.25) is 0 Å². The van der Waals surface area contributed by atoms with Gasteiger partial charge in [0.25, 0.3) is 10.0 Å². The fourth-order valence-corrected chi connectivity index (χ4v) is 4.35. The molecule has 2 N–H and O–H groups in total. The molecule has 0 radical (unpaired) electrons. The zero-order chi connectivity index (χ0) is 22.4. The molecule has 0 aliphatic rings. The van der Waals surface area contributed by atoms with Crippen molar-refractivity contribution < 1.29 is 13.2 Å². The topological polar surface area (TPSA) is 96.5 Å². The van der Waals surface area contributed by atoms with E-state index in [0.717, 1.165) is 30.3 Å². The molecule has 0 saturated carbocycles. The van der Waals surface area contributed by atoms with Crippen molar-refractivity contribution >= 4 is 33.2 Å². The predicted octanol–water partition coefficient (Wildman–Crippen LogP) is 4.18. The van der Waals surface area contributed by atoms with E-state index in [9.17, 15) is 8.42 Å². The van der Waals surface area contributed by atoms with Gasteiger partial charge in [-0.05, 0) is 57.2 Å². The second-order valence-electron chi connectivity index (χ2n) is 6.82. The standard InChI is InChI=1S/C22H27N5O3S/c1-5-27(6-2)21-15-16(3)23-22(25-21)24-17-11-13-18(14-12-17)26-31(28,29)20-10-8-7-9-19(20)30-4/h7-15,26H,5-6H2,1-4H3,(H,23,24,25). The largest absolute Gasteiger partial charge is 0.495 e. The molecule has 0 aliphatic heterocycles. The average molecular weight is 442 g/mol. The van der Waals surface area contributed by atoms with E-state index in [1.54, 1.807) is 42.5 Å². The third-order valence-electron chi connectivity index (χ3n) is 4.68. The van der Waals surface area contributed by atoms with Crippen molar-refractivity contribution in [2.75, 3.05) is 35.1 Å². The molecular weight excluding hydrogens is 414 g/mol. The van der Waals surface area contributed by atoms with Crippen molar-refractivity contribution in [1.82, 2.24) is 9.97 Å². The minimum atomic E-state index is -3.78. The number of hydrogen-bond acceptors (Lipinski definition) is 7. The van der Waals surface area contributed by atoms with Crippen LogP contribution in [0.1, 0.15) is 19.5 Å². The first-order valence-electron chi connectivity index (χ1n) is 9.99. The highest BCUT2D eigenvalue weighted by Crippen LogP contribution is 2.26. The van der Waals surface area contributed by atoms with E-state index in [2.05, 4.69) is 38.8 Å². The van der Waals surface area contributed by atoms with Gasteiger partial charge in [0.05, 0.1) is 7.11 Å². The molecule has 3 aromatic rings. The molecule has 1 aromatic heterocycles. The van der Waals surface area contributed by atoms with Gasteiger partial charge in [0.15, 0.2) is 0 Å². The lowest BCUT2D eigenvalue weighted by molar-refractivity contribution is 0.403. The molecule has 164 valence electrons. The van der Waals surface area contributed by atoms with Crippen LogP contribution in [0.15, 0.2) is 59.5 Å². The molecule has 1 heterocycles. The number of nitrogens with zero attached hydrogens (tertiary/aromatic N) is 3. The van der Waals surface area contributed by atoms with Crippen LogP contribution in [0.3, 0.4) is 0 Å². The molecule has 2 aromatic carbocycles. The van der Waals surface area contributed by atoms with Crippen LogP contribution in [-0.2, 0) is 10.0 Å². The lowest BCUT2D eigenvalue weighted by atomic mass is 10.3. The van der Waals surface area contributed by atoms with Crippen molar-refractivity contribution in [2.24, 2.45) is 0 Å². The molecule has 9 heteroatoms. The molecule has 0 saturated heterocycles. The molecule has 8 nitrogen and oxygen atoms in total. The number of methoxy groups -OCH3 is 1. The highest BCUT2D eigenvalue weighted by atomic mass is 32.2. The molecule has 0 unspecified atom stereocenters. The van der Waals surface area contributed by atoms with Crippen molar-refractivity contribution in [1.29, 1.82) is 0 Å². The van der Waals surface area contributed by atoms with Gasteiger partial charge in [0.1, 0.15) is 16.5 Å². The molecule has 0 spiro atoms. The Kier molecular flexibility index (Phi) is 6.96. The summed E-state index contributed by atoms with van der Waals surface area (Å²) in [6, 6.07) is 15.3. The van der Waals surface area contributed by atoms with Crippen LogP contribution in [0.4, 0.5) is 23.1 Å². The minimum Gasteiger partial charge on any atom is -0.495 e. The van der Waals surface area contributed by atoms with Gasteiger partial charge in [0.2, 0.25) is 5.95 Å². The van der Waals surface area contributed by atoms with Gasteiger partial charge in [-0.2, -0.15) is 4.98 Å². The van der Waals surface area contributed by atoms with E-state index in [-0.39, 0.29) is 10.6 Å². The fourth-order valence-electron chi connectivity index (χ4n) is 3.12. The summed E-state index contributed by atoms with van der Waals surface area (Å²) < 4.78 is 33.2. The Hall–Kier alpha value is -3.33. The second-order valence-corrected chi connectivity index (χ2v) is 8.47. The summed E-state index contributed by atoms with van der Waals surface area (Å²) in [5.74, 6) is 1.64. The summed E-state index contributed by atoms with van der Waals surface area (Å²) in [5.41, 5.74) is 2.04. The molecule has 0 amide bonds. The molecular formula is C22H27N5O3S. The Labute approximate surface area is 183 Å². The lowest BCUT2D eigenvalue weighted by Crippen LogP contribution is -2.23. The summed E-state index contributed by atoms with van der Waals surface area (Å²) >= 11 is 0. The van der Waals surface area contributed by atoms with Gasteiger partial charge in [-0.3, -0.25) is 4.72 Å². The van der Waals surface area contributed by atoms with Gasteiger partial charge in [-0.15, -0.1) is 0 Å². The van der Waals surface area contributed by atoms with Gasteiger partial charge in [-0.25, -0.2) is 13.4 Å². The highest BCUT2D eigenvalue weighted by Gasteiger charge is 2.19. The quantitative estimate of drug-likeness (QED) is 0.514. The van der Waals surface area contributed by atoms with Crippen LogP contribution in [0, 0.1) is 6.92 Å². The molecule has 0 bridgehead atoms. The van der Waals surface area contributed by atoms with Crippen LogP contribution in [-0.4, -0.2) is 38.6 Å². The number of aryl methyl sites for hydroxylation is 1. The van der Waals surface area contributed by atoms with Gasteiger partial charge >= 0.3 is 0 Å². The van der Waals surface area contributed by atoms with E-state index < -0.39 is 10.0 Å². The number of anilines is 4. The zero-order valence-corrected chi connectivity index (χ0v) is 18.9. The normalized spacial score (nSPS) is 11.1. The van der Waals surface area contributed by atoms with Gasteiger partial charge in [-0.1, -0.05) is 12.1 Å². The summed E-state index contributed by atoms with van der Waals surface area (Å²) in [6.45, 7) is 7.80. The van der Waals surface area contributed by atoms with Crippen LogP contribution >= 0.6 is 0 Å². The van der Waals surface area contributed by atoms with E-state index in [4.69, 9.17) is 4.74 Å². The van der Waals surface area contributed by atoms with Crippen molar-refractivity contribution in [3.63, 3.8) is 0 Å². The fraction of sp³-hybridized carbons (Fsp3) is 0.273. The van der Waals surface area contributed by atoms with Gasteiger partial charge < -0.3 is 15.0 Å². The molecule has 31 heavy (non-hydrogen) atoms. The van der Waals surface area contributed by atoms with Crippen LogP contribution in [0.5, 0.6) is 5.75 Å². The maximum Gasteiger partial charge on any atom is 0.265 e. The highest BCUT2D eigenvalue weighted by molar-refractivity contribution is 7.92. The van der Waals surface area contributed by atoms with Crippen LogP contribution in [0.25, 0.3) is 0 Å². The van der Waals surface area contributed by atoms with Crippen LogP contribution < -0.4 is 19.7 Å². The summed E-state index contributed by atoms with van der Waals surface area (Å²) in [7, 11) is -2.34. The molecule has 0 atom stereocenters. The predicted molar refractivity (Wildman–Crippen MR) is 124 cm³/mol. The first kappa shape index (κ1) is 22.4. The van der Waals surface area contributed by atoms with E-state index in [0.29, 0.717) is 11.6 Å². The second kappa shape index (κ2) is 9.65. The number of sulfonamides is 1. The van der Waals surface area contributed by atoms with Gasteiger partial charge in [0, 0.05) is 36.2 Å². The monoisotopic (exact) mass is 441 g/mol. The van der Waals surface area contributed by atoms with E-state index >= 15 is 0 Å². The molecule has 0 aliphatic carbocycles. The number of aromatic nitrogens is 2.